The minimum atomic E-state index is 0.421. The molecule has 1 aromatic rings. The molecule has 0 aliphatic carbocycles. The molecule has 2 rings (SSSR count). The molecule has 0 amide bonds. The van der Waals surface area contributed by atoms with E-state index in [1.54, 1.807) is 0 Å². The fourth-order valence-electron chi connectivity index (χ4n) is 2.41. The molecule has 0 radical (unpaired) electrons. The van der Waals surface area contributed by atoms with Gasteiger partial charge in [0.05, 0.1) is 0 Å². The first kappa shape index (κ1) is 11.6. The van der Waals surface area contributed by atoms with Gasteiger partial charge in [-0.25, -0.2) is 0 Å². The molecular formula is C13H21N3. The Labute approximate surface area is 97.7 Å². The maximum absolute atomic E-state index is 4.19. The molecule has 3 nitrogen and oxygen atoms in total. The highest BCUT2D eigenvalue weighted by Crippen LogP contribution is 2.21. The molecule has 2 N–H and O–H groups in total. The number of nitrogens with one attached hydrogen (secondary N) is 2. The van der Waals surface area contributed by atoms with E-state index in [0.29, 0.717) is 12.1 Å². The van der Waals surface area contributed by atoms with Crippen molar-refractivity contribution < 1.29 is 0 Å². The van der Waals surface area contributed by atoms with Gasteiger partial charge in [0.25, 0.3) is 0 Å². The highest BCUT2D eigenvalue weighted by atomic mass is 14.9. The summed E-state index contributed by atoms with van der Waals surface area (Å²) in [7, 11) is 2.03. The van der Waals surface area contributed by atoms with Gasteiger partial charge in [-0.1, -0.05) is 12.5 Å². The van der Waals surface area contributed by atoms with Gasteiger partial charge < -0.3 is 10.6 Å². The van der Waals surface area contributed by atoms with E-state index < -0.39 is 0 Å². The minimum absolute atomic E-state index is 0.421. The van der Waals surface area contributed by atoms with Crippen molar-refractivity contribution in [3.63, 3.8) is 0 Å². The molecule has 0 bridgehead atoms. The molecule has 1 aliphatic heterocycles. The Morgan fingerprint density at radius 2 is 2.50 bits per heavy atom. The lowest BCUT2D eigenvalue weighted by Gasteiger charge is -2.27. The van der Waals surface area contributed by atoms with E-state index in [4.69, 9.17) is 0 Å². The summed E-state index contributed by atoms with van der Waals surface area (Å²) in [5.41, 5.74) is 1.29. The summed E-state index contributed by atoms with van der Waals surface area (Å²) < 4.78 is 0. The van der Waals surface area contributed by atoms with Gasteiger partial charge in [0.15, 0.2) is 0 Å². The van der Waals surface area contributed by atoms with Gasteiger partial charge in [0, 0.05) is 24.5 Å². The second-order valence-corrected chi connectivity index (χ2v) is 4.51. The van der Waals surface area contributed by atoms with Gasteiger partial charge in [-0.3, -0.25) is 4.98 Å². The average Bonchev–Trinajstić information content (AvgIpc) is 2.38. The van der Waals surface area contributed by atoms with Crippen molar-refractivity contribution >= 4 is 0 Å². The van der Waals surface area contributed by atoms with Crippen molar-refractivity contribution in [2.45, 2.75) is 37.8 Å². The van der Waals surface area contributed by atoms with Crippen LogP contribution in [0, 0.1) is 0 Å². The Hall–Kier alpha value is -0.930. The van der Waals surface area contributed by atoms with Crippen molar-refractivity contribution in [2.24, 2.45) is 0 Å². The van der Waals surface area contributed by atoms with Crippen LogP contribution in [0.5, 0.6) is 0 Å². The predicted octanol–water partition coefficient (Wildman–Crippen LogP) is 1.87. The van der Waals surface area contributed by atoms with Crippen LogP contribution in [0.1, 0.15) is 37.3 Å². The van der Waals surface area contributed by atoms with E-state index in [2.05, 4.69) is 21.7 Å². The van der Waals surface area contributed by atoms with Gasteiger partial charge >= 0.3 is 0 Å². The van der Waals surface area contributed by atoms with E-state index >= 15 is 0 Å². The van der Waals surface area contributed by atoms with Crippen molar-refractivity contribution in [2.75, 3.05) is 13.6 Å². The summed E-state index contributed by atoms with van der Waals surface area (Å²) in [6, 6.07) is 5.24. The maximum atomic E-state index is 4.19. The first-order chi connectivity index (χ1) is 7.90. The van der Waals surface area contributed by atoms with Crippen LogP contribution in [-0.2, 0) is 0 Å². The van der Waals surface area contributed by atoms with Crippen LogP contribution in [0.25, 0.3) is 0 Å². The highest BCUT2D eigenvalue weighted by molar-refractivity contribution is 5.14. The van der Waals surface area contributed by atoms with Crippen LogP contribution in [0.3, 0.4) is 0 Å². The average molecular weight is 219 g/mol. The second-order valence-electron chi connectivity index (χ2n) is 4.51. The summed E-state index contributed by atoms with van der Waals surface area (Å²) in [4.78, 5) is 4.19. The Balaban J connectivity index is 1.94. The molecule has 88 valence electrons. The topological polar surface area (TPSA) is 37.0 Å². The van der Waals surface area contributed by atoms with Crippen LogP contribution in [0.15, 0.2) is 24.5 Å². The van der Waals surface area contributed by atoms with Crippen molar-refractivity contribution in [1.29, 1.82) is 0 Å². The molecule has 1 saturated heterocycles. The van der Waals surface area contributed by atoms with Crippen molar-refractivity contribution in [3.05, 3.63) is 30.1 Å². The zero-order chi connectivity index (χ0) is 11.2. The van der Waals surface area contributed by atoms with Gasteiger partial charge in [0.1, 0.15) is 0 Å². The monoisotopic (exact) mass is 219 g/mol. The van der Waals surface area contributed by atoms with Gasteiger partial charge in [-0.15, -0.1) is 0 Å². The largest absolute Gasteiger partial charge is 0.314 e. The standard InChI is InChI=1S/C13H21N3/c1-14-13(11-5-4-7-15-10-11)9-12-6-2-3-8-16-12/h4-5,7,10,12-14,16H,2-3,6,8-9H2,1H3. The third-order valence-corrected chi connectivity index (χ3v) is 3.37. The van der Waals surface area contributed by atoms with Gasteiger partial charge in [0.2, 0.25) is 0 Å². The first-order valence-electron chi connectivity index (χ1n) is 6.20. The van der Waals surface area contributed by atoms with E-state index in [-0.39, 0.29) is 0 Å². The Kier molecular flexibility index (Phi) is 4.31. The lowest BCUT2D eigenvalue weighted by atomic mass is 9.95. The van der Waals surface area contributed by atoms with Crippen LogP contribution >= 0.6 is 0 Å². The number of piperidine rings is 1. The smallest absolute Gasteiger partial charge is 0.0347 e. The molecule has 2 heterocycles. The lowest BCUT2D eigenvalue weighted by Crippen LogP contribution is -2.37. The molecule has 2 atom stereocenters. The van der Waals surface area contributed by atoms with Crippen LogP contribution < -0.4 is 10.6 Å². The van der Waals surface area contributed by atoms with Gasteiger partial charge in [-0.2, -0.15) is 0 Å². The number of hydrogen-bond acceptors (Lipinski definition) is 3. The Bertz CT molecular complexity index is 293. The Morgan fingerprint density at radius 1 is 1.56 bits per heavy atom. The normalized spacial score (nSPS) is 22.9. The molecule has 16 heavy (non-hydrogen) atoms. The number of pyridine rings is 1. The molecule has 1 aliphatic rings. The van der Waals surface area contributed by atoms with Gasteiger partial charge in [-0.05, 0) is 44.5 Å². The molecule has 1 aromatic heterocycles. The summed E-state index contributed by atoms with van der Waals surface area (Å²) in [6.07, 6.45) is 8.94. The fourth-order valence-corrected chi connectivity index (χ4v) is 2.41. The maximum Gasteiger partial charge on any atom is 0.0347 e. The third kappa shape index (κ3) is 3.03. The van der Waals surface area contributed by atoms with E-state index in [9.17, 15) is 0 Å². The zero-order valence-electron chi connectivity index (χ0n) is 9.95. The Morgan fingerprint density at radius 3 is 3.12 bits per heavy atom. The number of nitrogens with zero attached hydrogens (tertiary/aromatic N) is 1. The van der Waals surface area contributed by atoms with E-state index in [1.165, 1.54) is 31.4 Å². The van der Waals surface area contributed by atoms with Crippen molar-refractivity contribution in [3.8, 4) is 0 Å². The molecule has 0 saturated carbocycles. The SMILES string of the molecule is CNC(CC1CCCCN1)c1cccnc1. The molecule has 1 fully saturated rings. The highest BCUT2D eigenvalue weighted by Gasteiger charge is 2.18. The third-order valence-electron chi connectivity index (χ3n) is 3.37. The van der Waals surface area contributed by atoms with Crippen molar-refractivity contribution in [1.82, 2.24) is 15.6 Å². The quantitative estimate of drug-likeness (QED) is 0.812. The summed E-state index contributed by atoms with van der Waals surface area (Å²) >= 11 is 0. The molecular weight excluding hydrogens is 198 g/mol. The minimum Gasteiger partial charge on any atom is -0.314 e. The summed E-state index contributed by atoms with van der Waals surface area (Å²) in [5, 5.41) is 6.98. The first-order valence-corrected chi connectivity index (χ1v) is 6.20. The molecule has 2 unspecified atom stereocenters. The van der Waals surface area contributed by atoms with E-state index in [0.717, 1.165) is 6.42 Å². The summed E-state index contributed by atoms with van der Waals surface area (Å²) in [6.45, 7) is 1.17. The summed E-state index contributed by atoms with van der Waals surface area (Å²) in [5.74, 6) is 0. The lowest BCUT2D eigenvalue weighted by molar-refractivity contribution is 0.346. The van der Waals surface area contributed by atoms with Crippen LogP contribution in [-0.4, -0.2) is 24.6 Å². The second kappa shape index (κ2) is 5.97. The zero-order valence-corrected chi connectivity index (χ0v) is 9.95. The van der Waals surface area contributed by atoms with Crippen LogP contribution in [0.2, 0.25) is 0 Å². The van der Waals surface area contributed by atoms with E-state index in [1.807, 2.05) is 25.5 Å². The fraction of sp³-hybridized carbons (Fsp3) is 0.615. The predicted molar refractivity (Wildman–Crippen MR) is 66.3 cm³/mol. The molecule has 0 aromatic carbocycles. The molecule has 0 spiro atoms. The molecule has 3 heteroatoms. The number of aromatic nitrogens is 1. The number of rotatable bonds is 4. The number of hydrogen-bond donors (Lipinski definition) is 2. The van der Waals surface area contributed by atoms with Crippen LogP contribution in [0.4, 0.5) is 0 Å².